The lowest BCUT2D eigenvalue weighted by molar-refractivity contribution is -0.142. The molecule has 2 fully saturated rings. The van der Waals surface area contributed by atoms with E-state index in [-0.39, 0.29) is 29.8 Å². The van der Waals surface area contributed by atoms with Crippen LogP contribution in [0.15, 0.2) is 24.3 Å². The highest BCUT2D eigenvalue weighted by Gasteiger charge is 2.36. The second-order valence-electron chi connectivity index (χ2n) is 7.37. The smallest absolute Gasteiger partial charge is 0.318 e. The van der Waals surface area contributed by atoms with Gasteiger partial charge in [-0.3, -0.25) is 4.79 Å². The fraction of sp³-hybridized carbons (Fsp3) is 0.579. The van der Waals surface area contributed by atoms with E-state index in [0.717, 1.165) is 6.42 Å². The minimum Gasteiger partial charge on any atom is -0.481 e. The van der Waals surface area contributed by atoms with Crippen LogP contribution in [0.2, 0.25) is 0 Å². The van der Waals surface area contributed by atoms with Crippen LogP contribution in [0, 0.1) is 17.7 Å². The first-order valence-electron chi connectivity index (χ1n) is 9.00. The van der Waals surface area contributed by atoms with Gasteiger partial charge in [0.25, 0.3) is 0 Å². The van der Waals surface area contributed by atoms with Gasteiger partial charge < -0.3 is 15.3 Å². The first-order chi connectivity index (χ1) is 12.0. The molecule has 1 heterocycles. The Labute approximate surface area is 147 Å². The van der Waals surface area contributed by atoms with Crippen LogP contribution in [0.25, 0.3) is 0 Å². The number of benzene rings is 1. The summed E-state index contributed by atoms with van der Waals surface area (Å²) in [6.45, 7) is 2.68. The van der Waals surface area contributed by atoms with E-state index in [2.05, 4.69) is 12.2 Å². The molecule has 1 aromatic rings. The van der Waals surface area contributed by atoms with Gasteiger partial charge in [-0.2, -0.15) is 0 Å². The van der Waals surface area contributed by atoms with Gasteiger partial charge in [-0.15, -0.1) is 0 Å². The predicted molar refractivity (Wildman–Crippen MR) is 91.5 cm³/mol. The van der Waals surface area contributed by atoms with Crippen LogP contribution in [-0.4, -0.2) is 34.6 Å². The molecule has 1 aliphatic heterocycles. The maximum atomic E-state index is 14.2. The number of rotatable bonds is 3. The highest BCUT2D eigenvalue weighted by molar-refractivity contribution is 5.75. The van der Waals surface area contributed by atoms with Crippen LogP contribution in [0.4, 0.5) is 9.18 Å². The van der Waals surface area contributed by atoms with Gasteiger partial charge in [-0.25, -0.2) is 9.18 Å². The number of amides is 2. The van der Waals surface area contributed by atoms with Gasteiger partial charge in [0.05, 0.1) is 12.0 Å². The Balaban J connectivity index is 1.64. The van der Waals surface area contributed by atoms with Crippen molar-refractivity contribution in [2.75, 3.05) is 6.54 Å². The van der Waals surface area contributed by atoms with Crippen LogP contribution in [0.1, 0.15) is 50.6 Å². The summed E-state index contributed by atoms with van der Waals surface area (Å²) in [4.78, 5) is 25.5. The number of hydrogen-bond acceptors (Lipinski definition) is 2. The van der Waals surface area contributed by atoms with Crippen LogP contribution in [0.5, 0.6) is 0 Å². The Bertz CT molecular complexity index is 643. The summed E-state index contributed by atoms with van der Waals surface area (Å²) >= 11 is 0. The van der Waals surface area contributed by atoms with Crippen molar-refractivity contribution in [1.82, 2.24) is 10.2 Å². The second kappa shape index (κ2) is 7.42. The molecule has 0 bridgehead atoms. The Kier molecular flexibility index (Phi) is 5.25. The van der Waals surface area contributed by atoms with Crippen LogP contribution in [0.3, 0.4) is 0 Å². The van der Waals surface area contributed by atoms with Crippen molar-refractivity contribution >= 4 is 12.0 Å². The number of aliphatic carboxylic acids is 1. The molecule has 0 aromatic heterocycles. The van der Waals surface area contributed by atoms with Crippen molar-refractivity contribution in [3.63, 3.8) is 0 Å². The Morgan fingerprint density at radius 3 is 2.52 bits per heavy atom. The molecule has 1 aliphatic carbocycles. The molecule has 0 spiro atoms. The molecule has 5 nitrogen and oxygen atoms in total. The lowest BCUT2D eigenvalue weighted by Crippen LogP contribution is -2.46. The van der Waals surface area contributed by atoms with Gasteiger partial charge in [-0.1, -0.05) is 25.1 Å². The fourth-order valence-electron chi connectivity index (χ4n) is 4.05. The first kappa shape index (κ1) is 17.7. The maximum absolute atomic E-state index is 14.2. The van der Waals surface area contributed by atoms with E-state index < -0.39 is 5.97 Å². The Hall–Kier alpha value is -2.11. The van der Waals surface area contributed by atoms with Crippen molar-refractivity contribution < 1.29 is 19.1 Å². The molecule has 6 heteroatoms. The number of nitrogens with one attached hydrogen (secondary N) is 1. The van der Waals surface area contributed by atoms with E-state index in [9.17, 15) is 14.0 Å². The molecule has 2 atom stereocenters. The zero-order chi connectivity index (χ0) is 18.0. The molecule has 1 saturated carbocycles. The third-order valence-corrected chi connectivity index (χ3v) is 5.44. The molecule has 2 unspecified atom stereocenters. The summed E-state index contributed by atoms with van der Waals surface area (Å²) in [5.41, 5.74) is 0.566. The first-order valence-corrected chi connectivity index (χ1v) is 9.00. The Morgan fingerprint density at radius 2 is 1.88 bits per heavy atom. The molecule has 2 N–H and O–H groups in total. The molecule has 136 valence electrons. The van der Waals surface area contributed by atoms with Gasteiger partial charge in [-0.05, 0) is 44.1 Å². The predicted octanol–water partition coefficient (Wildman–Crippen LogP) is 3.56. The second-order valence-corrected chi connectivity index (χ2v) is 7.37. The number of halogens is 1. The molecule has 2 aliphatic rings. The average molecular weight is 348 g/mol. The van der Waals surface area contributed by atoms with Gasteiger partial charge in [0.2, 0.25) is 0 Å². The summed E-state index contributed by atoms with van der Waals surface area (Å²) in [6, 6.07) is 6.22. The van der Waals surface area contributed by atoms with Crippen LogP contribution >= 0.6 is 0 Å². The standard InChI is InChI=1S/C19H25FN2O3/c1-12-10-17(15-4-2-3-5-16(15)20)22(11-12)19(25)21-14-8-6-13(7-9-14)18(23)24/h2-5,12-14,17H,6-11H2,1H3,(H,21,25)(H,23,24). The van der Waals surface area contributed by atoms with Gasteiger partial charge in [0.15, 0.2) is 0 Å². The van der Waals surface area contributed by atoms with Crippen molar-refractivity contribution in [2.45, 2.75) is 51.1 Å². The van der Waals surface area contributed by atoms with E-state index in [1.165, 1.54) is 6.07 Å². The van der Waals surface area contributed by atoms with Crippen molar-refractivity contribution in [3.8, 4) is 0 Å². The number of nitrogens with zero attached hydrogens (tertiary/aromatic N) is 1. The minimum absolute atomic E-state index is 0.000256. The van der Waals surface area contributed by atoms with E-state index in [1.54, 1.807) is 23.1 Å². The van der Waals surface area contributed by atoms with Gasteiger partial charge in [0.1, 0.15) is 5.82 Å². The molecular formula is C19H25FN2O3. The molecule has 2 amide bonds. The fourth-order valence-corrected chi connectivity index (χ4v) is 4.05. The largest absolute Gasteiger partial charge is 0.481 e. The normalized spacial score (nSPS) is 29.4. The zero-order valence-corrected chi connectivity index (χ0v) is 14.5. The molecule has 0 radical (unpaired) electrons. The quantitative estimate of drug-likeness (QED) is 0.877. The minimum atomic E-state index is -0.752. The number of carboxylic acids is 1. The monoisotopic (exact) mass is 348 g/mol. The number of carboxylic acid groups (broad SMARTS) is 1. The van der Waals surface area contributed by atoms with Gasteiger partial charge >= 0.3 is 12.0 Å². The number of carbonyl (C=O) groups is 2. The molecular weight excluding hydrogens is 323 g/mol. The summed E-state index contributed by atoms with van der Waals surface area (Å²) in [7, 11) is 0. The van der Waals surface area contributed by atoms with E-state index in [4.69, 9.17) is 5.11 Å². The molecule has 1 saturated heterocycles. The highest BCUT2D eigenvalue weighted by atomic mass is 19.1. The number of urea groups is 1. The summed E-state index contributed by atoms with van der Waals surface area (Å²) < 4.78 is 14.2. The van der Waals surface area contributed by atoms with Crippen LogP contribution < -0.4 is 5.32 Å². The SMILES string of the molecule is CC1CC(c2ccccc2F)N(C(=O)NC2CCC(C(=O)O)CC2)C1. The van der Waals surface area contributed by atoms with Crippen LogP contribution in [-0.2, 0) is 4.79 Å². The third kappa shape index (κ3) is 3.94. The average Bonchev–Trinajstić information content (AvgIpc) is 2.97. The molecule has 3 rings (SSSR count). The van der Waals surface area contributed by atoms with E-state index in [0.29, 0.717) is 43.7 Å². The third-order valence-electron chi connectivity index (χ3n) is 5.44. The lowest BCUT2D eigenvalue weighted by atomic mass is 9.86. The molecule has 25 heavy (non-hydrogen) atoms. The van der Waals surface area contributed by atoms with Crippen molar-refractivity contribution in [2.24, 2.45) is 11.8 Å². The van der Waals surface area contributed by atoms with E-state index >= 15 is 0 Å². The Morgan fingerprint density at radius 1 is 1.20 bits per heavy atom. The number of carbonyl (C=O) groups excluding carboxylic acids is 1. The number of hydrogen-bond donors (Lipinski definition) is 2. The molecule has 1 aromatic carbocycles. The number of likely N-dealkylation sites (tertiary alicyclic amines) is 1. The van der Waals surface area contributed by atoms with Crippen molar-refractivity contribution in [1.29, 1.82) is 0 Å². The maximum Gasteiger partial charge on any atom is 0.318 e. The zero-order valence-electron chi connectivity index (χ0n) is 14.5. The highest BCUT2D eigenvalue weighted by Crippen LogP contribution is 2.36. The summed E-state index contributed by atoms with van der Waals surface area (Å²) in [5.74, 6) is -1.01. The van der Waals surface area contributed by atoms with Crippen molar-refractivity contribution in [3.05, 3.63) is 35.6 Å². The summed E-state index contributed by atoms with van der Waals surface area (Å²) in [6.07, 6.45) is 3.29. The summed E-state index contributed by atoms with van der Waals surface area (Å²) in [5, 5.41) is 12.1. The van der Waals surface area contributed by atoms with E-state index in [1.807, 2.05) is 0 Å². The topological polar surface area (TPSA) is 69.6 Å². The lowest BCUT2D eigenvalue weighted by Gasteiger charge is -2.31. The van der Waals surface area contributed by atoms with Gasteiger partial charge in [0, 0.05) is 18.2 Å².